The van der Waals surface area contributed by atoms with Crippen molar-refractivity contribution in [3.63, 3.8) is 0 Å². The van der Waals surface area contributed by atoms with Gasteiger partial charge < -0.3 is 15.3 Å². The van der Waals surface area contributed by atoms with Gasteiger partial charge >= 0.3 is 11.9 Å². The fourth-order valence-electron chi connectivity index (χ4n) is 1.61. The Kier molecular flexibility index (Phi) is 18.7. The SMILES string of the molecule is CCCCCCCCCCC=CO.O=C(O)/C=C\C(=O)O. The summed E-state index contributed by atoms with van der Waals surface area (Å²) in [4.78, 5) is 19.1. The third-order valence-electron chi connectivity index (χ3n) is 2.70. The zero-order valence-electron chi connectivity index (χ0n) is 12.8. The van der Waals surface area contributed by atoms with Crippen LogP contribution in [0.2, 0.25) is 0 Å². The molecule has 0 aromatic rings. The van der Waals surface area contributed by atoms with Crippen LogP contribution in [0.25, 0.3) is 0 Å². The maximum Gasteiger partial charge on any atom is 0.328 e. The van der Waals surface area contributed by atoms with Crippen LogP contribution >= 0.6 is 0 Å². The van der Waals surface area contributed by atoms with Crippen molar-refractivity contribution in [3.05, 3.63) is 24.5 Å². The number of aliphatic hydroxyl groups is 1. The zero-order valence-corrected chi connectivity index (χ0v) is 12.8. The summed E-state index contributed by atoms with van der Waals surface area (Å²) in [5, 5.41) is 24.0. The van der Waals surface area contributed by atoms with Gasteiger partial charge in [-0.25, -0.2) is 9.59 Å². The summed E-state index contributed by atoms with van der Waals surface area (Å²) >= 11 is 0. The molecule has 0 saturated carbocycles. The molecular weight excluding hydrogens is 272 g/mol. The number of aliphatic hydroxyl groups excluding tert-OH is 1. The van der Waals surface area contributed by atoms with E-state index in [0.717, 1.165) is 12.7 Å². The smallest absolute Gasteiger partial charge is 0.328 e. The third-order valence-corrected chi connectivity index (χ3v) is 2.70. The summed E-state index contributed by atoms with van der Waals surface area (Å²) in [7, 11) is 0. The van der Waals surface area contributed by atoms with Gasteiger partial charge in [0.1, 0.15) is 0 Å². The second kappa shape index (κ2) is 18.2. The molecule has 0 aromatic carbocycles. The monoisotopic (exact) mass is 300 g/mol. The molecule has 0 heterocycles. The van der Waals surface area contributed by atoms with E-state index in [1.54, 1.807) is 0 Å². The molecule has 0 radical (unpaired) electrons. The van der Waals surface area contributed by atoms with Gasteiger partial charge in [-0.05, 0) is 12.8 Å². The van der Waals surface area contributed by atoms with Crippen LogP contribution in [0.3, 0.4) is 0 Å². The Bertz CT molecular complexity index is 292. The number of carboxylic acid groups (broad SMARTS) is 2. The largest absolute Gasteiger partial charge is 0.516 e. The zero-order chi connectivity index (χ0) is 16.3. The highest BCUT2D eigenvalue weighted by atomic mass is 16.4. The quantitative estimate of drug-likeness (QED) is 0.300. The molecule has 5 nitrogen and oxygen atoms in total. The van der Waals surface area contributed by atoms with Crippen LogP contribution in [0.1, 0.15) is 64.7 Å². The molecule has 0 bridgehead atoms. The Hall–Kier alpha value is -1.78. The topological polar surface area (TPSA) is 94.8 Å². The summed E-state index contributed by atoms with van der Waals surface area (Å²) in [6.07, 6.45) is 16.0. The minimum Gasteiger partial charge on any atom is -0.516 e. The highest BCUT2D eigenvalue weighted by Crippen LogP contribution is 2.09. The molecule has 0 fully saturated rings. The molecule has 0 atom stereocenters. The molecule has 5 heteroatoms. The van der Waals surface area contributed by atoms with E-state index >= 15 is 0 Å². The van der Waals surface area contributed by atoms with E-state index in [1.165, 1.54) is 51.4 Å². The second-order valence-corrected chi connectivity index (χ2v) is 4.66. The Morgan fingerprint density at radius 2 is 1.24 bits per heavy atom. The van der Waals surface area contributed by atoms with Crippen molar-refractivity contribution in [3.8, 4) is 0 Å². The van der Waals surface area contributed by atoms with Crippen molar-refractivity contribution in [2.75, 3.05) is 0 Å². The van der Waals surface area contributed by atoms with Crippen molar-refractivity contribution in [2.45, 2.75) is 64.7 Å². The summed E-state index contributed by atoms with van der Waals surface area (Å²) < 4.78 is 0. The number of carboxylic acids is 2. The van der Waals surface area contributed by atoms with E-state index in [1.807, 2.05) is 6.08 Å². The number of hydrogen-bond acceptors (Lipinski definition) is 3. The standard InChI is InChI=1S/C12H24O.C4H4O4/c1-2-3-4-5-6-7-8-9-10-11-12-13;5-3(6)1-2-4(7)8/h11-13H,2-10H2,1H3;1-2H,(H,5,6)(H,7,8)/b;2-1-. The number of carbonyl (C=O) groups is 2. The second-order valence-electron chi connectivity index (χ2n) is 4.66. The molecule has 21 heavy (non-hydrogen) atoms. The molecule has 3 N–H and O–H groups in total. The normalized spacial score (nSPS) is 10.5. The summed E-state index contributed by atoms with van der Waals surface area (Å²) in [6, 6.07) is 0. The predicted octanol–water partition coefficient (Wildman–Crippen LogP) is 4.30. The number of hydrogen-bond donors (Lipinski definition) is 3. The van der Waals surface area contributed by atoms with Crippen molar-refractivity contribution in [2.24, 2.45) is 0 Å². The predicted molar refractivity (Wildman–Crippen MR) is 83.4 cm³/mol. The van der Waals surface area contributed by atoms with E-state index in [0.29, 0.717) is 12.2 Å². The molecule has 0 aromatic heterocycles. The lowest BCUT2D eigenvalue weighted by Crippen LogP contribution is -1.91. The molecule has 0 aliphatic heterocycles. The Morgan fingerprint density at radius 3 is 1.62 bits per heavy atom. The minimum atomic E-state index is -1.26. The molecule has 0 saturated heterocycles. The van der Waals surface area contributed by atoms with E-state index in [2.05, 4.69) is 6.92 Å². The van der Waals surface area contributed by atoms with Gasteiger partial charge in [0.15, 0.2) is 0 Å². The fourth-order valence-corrected chi connectivity index (χ4v) is 1.61. The summed E-state index contributed by atoms with van der Waals surface area (Å²) in [5.41, 5.74) is 0. The molecule has 0 unspecified atom stereocenters. The fraction of sp³-hybridized carbons (Fsp3) is 0.625. The van der Waals surface area contributed by atoms with Gasteiger partial charge in [-0.2, -0.15) is 0 Å². The molecular formula is C16H28O5. The van der Waals surface area contributed by atoms with Crippen LogP contribution < -0.4 is 0 Å². The Balaban J connectivity index is 0. The molecule has 0 aliphatic rings. The summed E-state index contributed by atoms with van der Waals surface area (Å²) in [6.45, 7) is 2.25. The molecule has 0 amide bonds. The van der Waals surface area contributed by atoms with Crippen molar-refractivity contribution in [1.29, 1.82) is 0 Å². The van der Waals surface area contributed by atoms with Crippen LogP contribution in [0.15, 0.2) is 24.5 Å². The first-order chi connectivity index (χ1) is 10.0. The lowest BCUT2D eigenvalue weighted by atomic mass is 10.1. The van der Waals surface area contributed by atoms with Gasteiger partial charge in [-0.3, -0.25) is 0 Å². The maximum atomic E-state index is 9.55. The molecule has 0 aliphatic carbocycles. The van der Waals surface area contributed by atoms with Crippen LogP contribution in [0.5, 0.6) is 0 Å². The Morgan fingerprint density at radius 1 is 0.810 bits per heavy atom. The maximum absolute atomic E-state index is 9.55. The first-order valence-corrected chi connectivity index (χ1v) is 7.47. The number of allylic oxidation sites excluding steroid dienone is 1. The molecule has 0 spiro atoms. The van der Waals surface area contributed by atoms with Gasteiger partial charge in [0.05, 0.1) is 6.26 Å². The third kappa shape index (κ3) is 27.4. The van der Waals surface area contributed by atoms with Gasteiger partial charge in [0.25, 0.3) is 0 Å². The average molecular weight is 300 g/mol. The van der Waals surface area contributed by atoms with Crippen LogP contribution in [-0.4, -0.2) is 27.3 Å². The van der Waals surface area contributed by atoms with Gasteiger partial charge in [0.2, 0.25) is 0 Å². The summed E-state index contributed by atoms with van der Waals surface area (Å²) in [5.74, 6) is -2.51. The van der Waals surface area contributed by atoms with E-state index in [4.69, 9.17) is 15.3 Å². The number of rotatable bonds is 11. The average Bonchev–Trinajstić information content (AvgIpc) is 2.44. The Labute approximate surface area is 127 Å². The van der Waals surface area contributed by atoms with Gasteiger partial charge in [-0.1, -0.05) is 57.9 Å². The lowest BCUT2D eigenvalue weighted by molar-refractivity contribution is -0.134. The van der Waals surface area contributed by atoms with Crippen LogP contribution in [-0.2, 0) is 9.59 Å². The first-order valence-electron chi connectivity index (χ1n) is 7.47. The van der Waals surface area contributed by atoms with E-state index in [-0.39, 0.29) is 0 Å². The van der Waals surface area contributed by atoms with Crippen LogP contribution in [0.4, 0.5) is 0 Å². The van der Waals surface area contributed by atoms with E-state index in [9.17, 15) is 9.59 Å². The van der Waals surface area contributed by atoms with Crippen molar-refractivity contribution in [1.82, 2.24) is 0 Å². The number of aliphatic carboxylic acids is 2. The van der Waals surface area contributed by atoms with Gasteiger partial charge in [0, 0.05) is 12.2 Å². The minimum absolute atomic E-state index is 0.558. The first kappa shape index (κ1) is 21.5. The van der Waals surface area contributed by atoms with Crippen LogP contribution in [0, 0.1) is 0 Å². The van der Waals surface area contributed by atoms with Gasteiger partial charge in [-0.15, -0.1) is 0 Å². The highest BCUT2D eigenvalue weighted by Gasteiger charge is 1.90. The van der Waals surface area contributed by atoms with Crippen molar-refractivity contribution >= 4 is 11.9 Å². The van der Waals surface area contributed by atoms with E-state index < -0.39 is 11.9 Å². The highest BCUT2D eigenvalue weighted by molar-refractivity contribution is 5.89. The molecule has 0 rings (SSSR count). The number of unbranched alkanes of at least 4 members (excludes halogenated alkanes) is 8. The van der Waals surface area contributed by atoms with Crippen molar-refractivity contribution < 1.29 is 24.9 Å². The molecule has 122 valence electrons. The lowest BCUT2D eigenvalue weighted by Gasteiger charge is -1.99.